The van der Waals surface area contributed by atoms with Crippen molar-refractivity contribution in [2.45, 2.75) is 38.8 Å². The summed E-state index contributed by atoms with van der Waals surface area (Å²) in [5.41, 5.74) is 0. The van der Waals surface area contributed by atoms with Gasteiger partial charge in [-0.05, 0) is 12.8 Å². The minimum Gasteiger partial charge on any atom is -0.394 e. The topological polar surface area (TPSA) is 71.6 Å². The Morgan fingerprint density at radius 3 is 2.83 bits per heavy atom. The van der Waals surface area contributed by atoms with Crippen molar-refractivity contribution in [3.8, 4) is 0 Å². The highest BCUT2D eigenvalue weighted by molar-refractivity contribution is 4.87. The molecule has 0 atom stereocenters. The van der Waals surface area contributed by atoms with Crippen LogP contribution in [0.3, 0.4) is 0 Å². The smallest absolute Gasteiger partial charge is 0.226 e. The molecule has 102 valence electrons. The molecule has 0 spiro atoms. The first-order valence-electron chi connectivity index (χ1n) is 6.58. The molecule has 0 aliphatic carbocycles. The van der Waals surface area contributed by atoms with Gasteiger partial charge in [0.1, 0.15) is 0 Å². The van der Waals surface area contributed by atoms with Crippen LogP contribution in [0.2, 0.25) is 0 Å². The number of aryl methyl sites for hydroxylation is 1. The third-order valence-corrected chi connectivity index (χ3v) is 3.16. The molecule has 2 rings (SSSR count). The van der Waals surface area contributed by atoms with E-state index < -0.39 is 0 Å². The number of likely N-dealkylation sites (tertiary alicyclic amines) is 1. The Labute approximate surface area is 107 Å². The lowest BCUT2D eigenvalue weighted by Gasteiger charge is -2.30. The Balaban J connectivity index is 1.73. The number of aliphatic hydroxyl groups excluding tert-OH is 1. The highest BCUT2D eigenvalue weighted by atomic mass is 16.5. The van der Waals surface area contributed by atoms with E-state index in [1.54, 1.807) is 0 Å². The van der Waals surface area contributed by atoms with E-state index in [2.05, 4.69) is 15.0 Å². The van der Waals surface area contributed by atoms with E-state index in [1.807, 2.05) is 6.92 Å². The van der Waals surface area contributed by atoms with Crippen molar-refractivity contribution in [1.82, 2.24) is 15.0 Å². The van der Waals surface area contributed by atoms with Crippen molar-refractivity contribution in [2.75, 3.05) is 26.3 Å². The maximum Gasteiger partial charge on any atom is 0.226 e. The van der Waals surface area contributed by atoms with Crippen molar-refractivity contribution in [2.24, 2.45) is 0 Å². The van der Waals surface area contributed by atoms with Crippen molar-refractivity contribution in [3.05, 3.63) is 11.7 Å². The number of ether oxygens (including phenoxy) is 1. The fourth-order valence-electron chi connectivity index (χ4n) is 2.15. The molecular formula is C12H21N3O3. The van der Waals surface area contributed by atoms with Gasteiger partial charge in [-0.25, -0.2) is 0 Å². The molecule has 1 fully saturated rings. The standard InChI is InChI=1S/C12H21N3O3/c1-2-12-13-11(14-18-12)9-15-5-3-10(4-6-15)17-8-7-16/h10,16H,2-9H2,1H3. The minimum atomic E-state index is 0.100. The largest absolute Gasteiger partial charge is 0.394 e. The Morgan fingerprint density at radius 2 is 2.22 bits per heavy atom. The van der Waals surface area contributed by atoms with Gasteiger partial charge in [-0.3, -0.25) is 4.90 Å². The molecular weight excluding hydrogens is 234 g/mol. The van der Waals surface area contributed by atoms with Crippen molar-refractivity contribution >= 4 is 0 Å². The van der Waals surface area contributed by atoms with Gasteiger partial charge in [0.25, 0.3) is 0 Å². The quantitative estimate of drug-likeness (QED) is 0.803. The maximum atomic E-state index is 8.71. The van der Waals surface area contributed by atoms with Crippen LogP contribution in [-0.4, -0.2) is 52.6 Å². The van der Waals surface area contributed by atoms with Crippen LogP contribution in [0.15, 0.2) is 4.52 Å². The molecule has 1 aliphatic heterocycles. The van der Waals surface area contributed by atoms with Gasteiger partial charge in [-0.15, -0.1) is 0 Å². The van der Waals surface area contributed by atoms with E-state index in [0.717, 1.165) is 44.7 Å². The molecule has 18 heavy (non-hydrogen) atoms. The van der Waals surface area contributed by atoms with Gasteiger partial charge in [-0.2, -0.15) is 4.98 Å². The summed E-state index contributed by atoms with van der Waals surface area (Å²) in [4.78, 5) is 6.62. The molecule has 0 bridgehead atoms. The Bertz CT molecular complexity index is 348. The number of aliphatic hydroxyl groups is 1. The number of hydrogen-bond acceptors (Lipinski definition) is 6. The normalized spacial score (nSPS) is 18.3. The second-order valence-corrected chi connectivity index (χ2v) is 4.53. The summed E-state index contributed by atoms with van der Waals surface area (Å²) in [7, 11) is 0. The third kappa shape index (κ3) is 3.76. The third-order valence-electron chi connectivity index (χ3n) is 3.16. The van der Waals surface area contributed by atoms with Crippen LogP contribution >= 0.6 is 0 Å². The Morgan fingerprint density at radius 1 is 1.44 bits per heavy atom. The lowest BCUT2D eigenvalue weighted by molar-refractivity contribution is -0.00946. The number of rotatable bonds is 6. The van der Waals surface area contributed by atoms with E-state index in [9.17, 15) is 0 Å². The monoisotopic (exact) mass is 255 g/mol. The maximum absolute atomic E-state index is 8.71. The van der Waals surface area contributed by atoms with Crippen LogP contribution in [-0.2, 0) is 17.7 Å². The second kappa shape index (κ2) is 6.82. The predicted octanol–water partition coefficient (Wildman–Crippen LogP) is 0.605. The zero-order valence-electron chi connectivity index (χ0n) is 10.8. The van der Waals surface area contributed by atoms with Gasteiger partial charge >= 0.3 is 0 Å². The van der Waals surface area contributed by atoms with Crippen LogP contribution in [0.25, 0.3) is 0 Å². The molecule has 0 saturated carbocycles. The van der Waals surface area contributed by atoms with E-state index >= 15 is 0 Å². The second-order valence-electron chi connectivity index (χ2n) is 4.53. The summed E-state index contributed by atoms with van der Waals surface area (Å²) in [5.74, 6) is 1.47. The van der Waals surface area contributed by atoms with Crippen molar-refractivity contribution < 1.29 is 14.4 Å². The van der Waals surface area contributed by atoms with Crippen LogP contribution in [0.1, 0.15) is 31.5 Å². The Hall–Kier alpha value is -0.980. The average Bonchev–Trinajstić information content (AvgIpc) is 2.86. The zero-order valence-corrected chi connectivity index (χ0v) is 10.8. The fourth-order valence-corrected chi connectivity index (χ4v) is 2.15. The highest BCUT2D eigenvalue weighted by Crippen LogP contribution is 2.15. The van der Waals surface area contributed by atoms with E-state index in [4.69, 9.17) is 14.4 Å². The van der Waals surface area contributed by atoms with Gasteiger partial charge in [0.15, 0.2) is 5.82 Å². The first-order valence-corrected chi connectivity index (χ1v) is 6.58. The van der Waals surface area contributed by atoms with Crippen molar-refractivity contribution in [1.29, 1.82) is 0 Å². The zero-order chi connectivity index (χ0) is 12.8. The molecule has 1 saturated heterocycles. The lowest BCUT2D eigenvalue weighted by Crippen LogP contribution is -2.37. The van der Waals surface area contributed by atoms with Gasteiger partial charge in [0.2, 0.25) is 5.89 Å². The minimum absolute atomic E-state index is 0.100. The summed E-state index contributed by atoms with van der Waals surface area (Å²) in [6, 6.07) is 0. The summed E-state index contributed by atoms with van der Waals surface area (Å²) in [5, 5.41) is 12.7. The SMILES string of the molecule is CCc1nc(CN2CCC(OCCO)CC2)no1. The van der Waals surface area contributed by atoms with E-state index in [1.165, 1.54) is 0 Å². The molecule has 1 aromatic rings. The summed E-state index contributed by atoms with van der Waals surface area (Å²) >= 11 is 0. The molecule has 0 aromatic carbocycles. The summed E-state index contributed by atoms with van der Waals surface area (Å²) < 4.78 is 10.6. The molecule has 1 aromatic heterocycles. The van der Waals surface area contributed by atoms with Crippen LogP contribution < -0.4 is 0 Å². The van der Waals surface area contributed by atoms with Crippen LogP contribution in [0, 0.1) is 0 Å². The number of aromatic nitrogens is 2. The fraction of sp³-hybridized carbons (Fsp3) is 0.833. The molecule has 1 aliphatic rings. The molecule has 0 radical (unpaired) electrons. The molecule has 6 nitrogen and oxygen atoms in total. The predicted molar refractivity (Wildman–Crippen MR) is 65.0 cm³/mol. The molecule has 0 amide bonds. The number of nitrogens with zero attached hydrogens (tertiary/aromatic N) is 3. The summed E-state index contributed by atoms with van der Waals surface area (Å²) in [6.07, 6.45) is 3.06. The highest BCUT2D eigenvalue weighted by Gasteiger charge is 2.20. The first kappa shape index (κ1) is 13.5. The van der Waals surface area contributed by atoms with Crippen molar-refractivity contribution in [3.63, 3.8) is 0 Å². The first-order chi connectivity index (χ1) is 8.81. The molecule has 1 N–H and O–H groups in total. The van der Waals surface area contributed by atoms with Gasteiger partial charge in [0, 0.05) is 19.5 Å². The molecule has 0 unspecified atom stereocenters. The average molecular weight is 255 g/mol. The number of hydrogen-bond donors (Lipinski definition) is 1. The van der Waals surface area contributed by atoms with E-state index in [-0.39, 0.29) is 12.7 Å². The van der Waals surface area contributed by atoms with Gasteiger partial charge < -0.3 is 14.4 Å². The lowest BCUT2D eigenvalue weighted by atomic mass is 10.1. The van der Waals surface area contributed by atoms with Crippen LogP contribution in [0.5, 0.6) is 0 Å². The van der Waals surface area contributed by atoms with Gasteiger partial charge in [0.05, 0.1) is 25.9 Å². The molecule has 2 heterocycles. The van der Waals surface area contributed by atoms with Gasteiger partial charge in [-0.1, -0.05) is 12.1 Å². The number of piperidine rings is 1. The summed E-state index contributed by atoms with van der Waals surface area (Å²) in [6.45, 7) is 5.24. The van der Waals surface area contributed by atoms with E-state index in [0.29, 0.717) is 12.5 Å². The van der Waals surface area contributed by atoms with Crippen LogP contribution in [0.4, 0.5) is 0 Å². The Kier molecular flexibility index (Phi) is 5.10. The molecule has 6 heteroatoms.